The van der Waals surface area contributed by atoms with E-state index in [1.54, 1.807) is 11.3 Å². The molecular formula is C30H23N5OS. The van der Waals surface area contributed by atoms with Crippen molar-refractivity contribution in [1.29, 1.82) is 0 Å². The van der Waals surface area contributed by atoms with Crippen LogP contribution in [0.4, 0.5) is 0 Å². The molecule has 180 valence electrons. The second-order valence-corrected chi connectivity index (χ2v) is 11.1. The molecule has 0 atom stereocenters. The number of aromatic amines is 2. The third-order valence-corrected chi connectivity index (χ3v) is 8.57. The Morgan fingerprint density at radius 1 is 0.946 bits per heavy atom. The summed E-state index contributed by atoms with van der Waals surface area (Å²) < 4.78 is 7.47. The predicted octanol–water partition coefficient (Wildman–Crippen LogP) is 7.86. The van der Waals surface area contributed by atoms with Crippen LogP contribution in [0.2, 0.25) is 0 Å². The van der Waals surface area contributed by atoms with Gasteiger partial charge >= 0.3 is 0 Å². The standard InChI is InChI=1S/C30H23N5OS/c1-14(2)30-34-23-13-36-28-20(25(23)35-30)7-5-17-11-24(37-29(17)28)16-4-6-19-21(10-16)18-8-9-31-12-22(18)27-26(19)32-15(3)33-27/h4-12,14H,13H2,1-3H3,(H,32,33)(H,34,35). The van der Waals surface area contributed by atoms with Crippen molar-refractivity contribution < 1.29 is 4.74 Å². The molecule has 0 fully saturated rings. The number of imidazole rings is 2. The van der Waals surface area contributed by atoms with Gasteiger partial charge in [0.05, 0.1) is 21.4 Å². The van der Waals surface area contributed by atoms with Crippen LogP contribution in [0, 0.1) is 6.92 Å². The molecule has 4 aromatic heterocycles. The van der Waals surface area contributed by atoms with Gasteiger partial charge in [0.2, 0.25) is 0 Å². The van der Waals surface area contributed by atoms with Crippen LogP contribution >= 0.6 is 11.3 Å². The van der Waals surface area contributed by atoms with Crippen molar-refractivity contribution in [2.24, 2.45) is 0 Å². The van der Waals surface area contributed by atoms with Crippen LogP contribution in [0.25, 0.3) is 64.4 Å². The topological polar surface area (TPSA) is 79.5 Å². The summed E-state index contributed by atoms with van der Waals surface area (Å²) in [5.41, 5.74) is 6.40. The molecule has 5 heterocycles. The van der Waals surface area contributed by atoms with E-state index in [4.69, 9.17) is 14.7 Å². The molecule has 3 aromatic carbocycles. The van der Waals surface area contributed by atoms with Crippen molar-refractivity contribution in [3.8, 4) is 27.4 Å². The molecule has 0 bridgehead atoms. The van der Waals surface area contributed by atoms with E-state index in [0.717, 1.165) is 50.8 Å². The molecule has 1 aliphatic rings. The average molecular weight is 502 g/mol. The molecule has 7 aromatic rings. The number of pyridine rings is 1. The Bertz CT molecular complexity index is 2040. The van der Waals surface area contributed by atoms with E-state index in [1.807, 2.05) is 19.3 Å². The number of hydrogen-bond acceptors (Lipinski definition) is 5. The number of H-pyrrole nitrogens is 2. The van der Waals surface area contributed by atoms with Crippen LogP contribution in [0.15, 0.2) is 54.9 Å². The van der Waals surface area contributed by atoms with E-state index in [-0.39, 0.29) is 0 Å². The number of hydrogen-bond donors (Lipinski definition) is 2. The quantitative estimate of drug-likeness (QED) is 0.236. The molecule has 1 aliphatic heterocycles. The first-order chi connectivity index (χ1) is 18.0. The molecule has 0 saturated carbocycles. The molecule has 6 nitrogen and oxygen atoms in total. The lowest BCUT2D eigenvalue weighted by Gasteiger charge is -2.17. The number of fused-ring (bicyclic) bond motifs is 11. The van der Waals surface area contributed by atoms with E-state index < -0.39 is 0 Å². The van der Waals surface area contributed by atoms with E-state index in [2.05, 4.69) is 71.3 Å². The Hall–Kier alpha value is -4.23. The summed E-state index contributed by atoms with van der Waals surface area (Å²) in [5, 5.41) is 5.80. The summed E-state index contributed by atoms with van der Waals surface area (Å²) in [4.78, 5) is 22.1. The summed E-state index contributed by atoms with van der Waals surface area (Å²) in [6.07, 6.45) is 3.78. The number of nitrogens with zero attached hydrogens (tertiary/aromatic N) is 3. The molecule has 0 saturated heterocycles. The van der Waals surface area contributed by atoms with Crippen molar-refractivity contribution in [1.82, 2.24) is 24.9 Å². The van der Waals surface area contributed by atoms with Crippen molar-refractivity contribution in [3.05, 3.63) is 72.2 Å². The molecule has 2 N–H and O–H groups in total. The first-order valence-electron chi connectivity index (χ1n) is 12.5. The van der Waals surface area contributed by atoms with E-state index >= 15 is 0 Å². The third-order valence-electron chi connectivity index (χ3n) is 7.37. The smallest absolute Gasteiger partial charge is 0.147 e. The lowest BCUT2D eigenvalue weighted by molar-refractivity contribution is 0.302. The summed E-state index contributed by atoms with van der Waals surface area (Å²) >= 11 is 1.78. The molecule has 0 amide bonds. The van der Waals surface area contributed by atoms with Gasteiger partial charge in [-0.3, -0.25) is 4.98 Å². The zero-order chi connectivity index (χ0) is 24.8. The predicted molar refractivity (Wildman–Crippen MR) is 150 cm³/mol. The lowest BCUT2D eigenvalue weighted by Crippen LogP contribution is -2.05. The fourth-order valence-corrected chi connectivity index (χ4v) is 6.73. The number of rotatable bonds is 2. The van der Waals surface area contributed by atoms with Crippen molar-refractivity contribution in [3.63, 3.8) is 0 Å². The maximum atomic E-state index is 6.29. The third kappa shape index (κ3) is 2.95. The van der Waals surface area contributed by atoms with Crippen LogP contribution < -0.4 is 4.74 Å². The van der Waals surface area contributed by atoms with Gasteiger partial charge in [-0.05, 0) is 52.9 Å². The molecule has 0 aliphatic carbocycles. The van der Waals surface area contributed by atoms with Crippen LogP contribution in [-0.2, 0) is 6.61 Å². The fraction of sp³-hybridized carbons (Fsp3) is 0.167. The first-order valence-corrected chi connectivity index (χ1v) is 13.3. The van der Waals surface area contributed by atoms with Gasteiger partial charge in [-0.2, -0.15) is 0 Å². The number of aromatic nitrogens is 5. The SMILES string of the molecule is Cc1nc2c3cnccc3c3cc(-c4cc5ccc6c(c5s4)OCc4nc(C(C)C)[nH]c4-6)ccc3c2[nH]1. The Morgan fingerprint density at radius 2 is 1.86 bits per heavy atom. The van der Waals surface area contributed by atoms with Crippen molar-refractivity contribution >= 4 is 54.0 Å². The van der Waals surface area contributed by atoms with Gasteiger partial charge in [0, 0.05) is 39.5 Å². The van der Waals surface area contributed by atoms with E-state index in [1.165, 1.54) is 36.7 Å². The van der Waals surface area contributed by atoms with Gasteiger partial charge in [-0.25, -0.2) is 9.97 Å². The average Bonchev–Trinajstić information content (AvgIpc) is 3.64. The highest BCUT2D eigenvalue weighted by Crippen LogP contribution is 2.47. The Balaban J connectivity index is 1.32. The minimum absolute atomic E-state index is 0.345. The van der Waals surface area contributed by atoms with Crippen LogP contribution in [0.1, 0.15) is 37.1 Å². The number of thiophene rings is 1. The van der Waals surface area contributed by atoms with Crippen LogP contribution in [0.3, 0.4) is 0 Å². The monoisotopic (exact) mass is 501 g/mol. The first kappa shape index (κ1) is 20.9. The zero-order valence-electron chi connectivity index (χ0n) is 20.6. The number of aryl methyl sites for hydroxylation is 1. The second kappa shape index (κ2) is 7.40. The molecule has 0 spiro atoms. The van der Waals surface area contributed by atoms with Gasteiger partial charge in [0.1, 0.15) is 29.7 Å². The molecular weight excluding hydrogens is 478 g/mol. The van der Waals surface area contributed by atoms with Gasteiger partial charge in [0.25, 0.3) is 0 Å². The highest BCUT2D eigenvalue weighted by atomic mass is 32.1. The second-order valence-electron chi connectivity index (χ2n) is 10.1. The summed E-state index contributed by atoms with van der Waals surface area (Å²) in [5.74, 6) is 3.21. The van der Waals surface area contributed by atoms with Gasteiger partial charge in [-0.1, -0.05) is 32.0 Å². The van der Waals surface area contributed by atoms with Gasteiger partial charge in [-0.15, -0.1) is 11.3 Å². The number of ether oxygens (including phenoxy) is 1. The van der Waals surface area contributed by atoms with Gasteiger partial charge in [0.15, 0.2) is 0 Å². The Kier molecular flexibility index (Phi) is 4.18. The lowest BCUT2D eigenvalue weighted by atomic mass is 9.98. The number of benzene rings is 3. The summed E-state index contributed by atoms with van der Waals surface area (Å²) in [6.45, 7) is 6.80. The summed E-state index contributed by atoms with van der Waals surface area (Å²) in [7, 11) is 0. The maximum Gasteiger partial charge on any atom is 0.147 e. The Labute approximate surface area is 216 Å². The molecule has 37 heavy (non-hydrogen) atoms. The minimum atomic E-state index is 0.345. The van der Waals surface area contributed by atoms with E-state index in [9.17, 15) is 0 Å². The van der Waals surface area contributed by atoms with Crippen molar-refractivity contribution in [2.45, 2.75) is 33.3 Å². The molecule has 0 unspecified atom stereocenters. The largest absolute Gasteiger partial charge is 0.485 e. The maximum absolute atomic E-state index is 6.29. The highest BCUT2D eigenvalue weighted by molar-refractivity contribution is 7.22. The van der Waals surface area contributed by atoms with Crippen LogP contribution in [-0.4, -0.2) is 24.9 Å². The minimum Gasteiger partial charge on any atom is -0.485 e. The number of nitrogens with one attached hydrogen (secondary N) is 2. The molecule has 8 rings (SSSR count). The van der Waals surface area contributed by atoms with Crippen LogP contribution in [0.5, 0.6) is 5.75 Å². The molecule has 0 radical (unpaired) electrons. The molecule has 7 heteroatoms. The van der Waals surface area contributed by atoms with Gasteiger partial charge < -0.3 is 14.7 Å². The highest BCUT2D eigenvalue weighted by Gasteiger charge is 2.25. The normalized spacial score (nSPS) is 13.1. The Morgan fingerprint density at radius 3 is 2.76 bits per heavy atom. The fourth-order valence-electron chi connectivity index (χ4n) is 5.57. The van der Waals surface area contributed by atoms with E-state index in [0.29, 0.717) is 12.5 Å². The zero-order valence-corrected chi connectivity index (χ0v) is 21.5. The van der Waals surface area contributed by atoms with Crippen molar-refractivity contribution in [2.75, 3.05) is 0 Å². The summed E-state index contributed by atoms with van der Waals surface area (Å²) in [6, 6.07) is 15.4.